The molecule has 100 valence electrons. The van der Waals surface area contributed by atoms with Crippen molar-refractivity contribution >= 4 is 17.5 Å². The predicted molar refractivity (Wildman–Crippen MR) is 74.9 cm³/mol. The number of benzene rings is 1. The molecule has 0 saturated heterocycles. The number of nitrogens with one attached hydrogen (secondary N) is 3. The highest BCUT2D eigenvalue weighted by Crippen LogP contribution is 2.16. The van der Waals surface area contributed by atoms with Gasteiger partial charge in [0.2, 0.25) is 5.91 Å². The van der Waals surface area contributed by atoms with E-state index in [1.54, 1.807) is 25.2 Å². The van der Waals surface area contributed by atoms with E-state index >= 15 is 0 Å². The monoisotopic (exact) mass is 259 g/mol. The van der Waals surface area contributed by atoms with Crippen molar-refractivity contribution in [3.8, 4) is 12.3 Å². The summed E-state index contributed by atoms with van der Waals surface area (Å²) in [5.41, 5.74) is 2.06. The first-order valence-corrected chi connectivity index (χ1v) is 5.85. The molecule has 0 atom stereocenters. The van der Waals surface area contributed by atoms with Crippen molar-refractivity contribution in [2.75, 3.05) is 25.5 Å². The molecule has 0 aliphatic carbocycles. The summed E-state index contributed by atoms with van der Waals surface area (Å²) in [5.74, 6) is 2.06. The van der Waals surface area contributed by atoms with Gasteiger partial charge in [0, 0.05) is 18.3 Å². The van der Waals surface area contributed by atoms with Crippen molar-refractivity contribution in [1.29, 1.82) is 0 Å². The van der Waals surface area contributed by atoms with Gasteiger partial charge in [-0.25, -0.2) is 0 Å². The standard InChI is InChI=1S/C14H17N3O2/c1-4-7-16-9-13(18)17-12-6-5-11(8-10(12)2)14(19)15-3/h1,5-6,8,16H,7,9H2,2-3H3,(H,15,19)(H,17,18). The molecule has 1 aromatic carbocycles. The lowest BCUT2D eigenvalue weighted by Gasteiger charge is -2.10. The highest BCUT2D eigenvalue weighted by atomic mass is 16.2. The number of aryl methyl sites for hydroxylation is 1. The lowest BCUT2D eigenvalue weighted by atomic mass is 10.1. The van der Waals surface area contributed by atoms with Crippen molar-refractivity contribution in [2.45, 2.75) is 6.92 Å². The number of hydrogen-bond donors (Lipinski definition) is 3. The topological polar surface area (TPSA) is 70.2 Å². The fourth-order valence-corrected chi connectivity index (χ4v) is 1.53. The normalized spacial score (nSPS) is 9.53. The van der Waals surface area contributed by atoms with Crippen molar-refractivity contribution in [3.63, 3.8) is 0 Å². The molecule has 19 heavy (non-hydrogen) atoms. The SMILES string of the molecule is C#CCNCC(=O)Nc1ccc(C(=O)NC)cc1C. The van der Waals surface area contributed by atoms with Crippen LogP contribution in [0.25, 0.3) is 0 Å². The van der Waals surface area contributed by atoms with Gasteiger partial charge in [-0.05, 0) is 30.7 Å². The Hall–Kier alpha value is -2.32. The average Bonchev–Trinajstić information content (AvgIpc) is 2.40. The van der Waals surface area contributed by atoms with E-state index in [-0.39, 0.29) is 18.4 Å². The fourth-order valence-electron chi connectivity index (χ4n) is 1.53. The fraction of sp³-hybridized carbons (Fsp3) is 0.286. The van der Waals surface area contributed by atoms with Crippen molar-refractivity contribution in [2.24, 2.45) is 0 Å². The zero-order chi connectivity index (χ0) is 14.3. The van der Waals surface area contributed by atoms with Crippen LogP contribution in [0.5, 0.6) is 0 Å². The van der Waals surface area contributed by atoms with Crippen LogP contribution >= 0.6 is 0 Å². The number of anilines is 1. The number of hydrogen-bond acceptors (Lipinski definition) is 3. The van der Waals surface area contributed by atoms with Crippen LogP contribution in [0, 0.1) is 19.3 Å². The molecule has 3 N–H and O–H groups in total. The summed E-state index contributed by atoms with van der Waals surface area (Å²) in [6, 6.07) is 5.10. The van der Waals surface area contributed by atoms with Crippen LogP contribution < -0.4 is 16.0 Å². The summed E-state index contributed by atoms with van der Waals surface area (Å²) >= 11 is 0. The summed E-state index contributed by atoms with van der Waals surface area (Å²) in [6.45, 7) is 2.33. The zero-order valence-corrected chi connectivity index (χ0v) is 11.0. The lowest BCUT2D eigenvalue weighted by molar-refractivity contribution is -0.115. The maximum absolute atomic E-state index is 11.6. The van der Waals surface area contributed by atoms with Gasteiger partial charge in [-0.2, -0.15) is 0 Å². The number of carbonyl (C=O) groups is 2. The first-order chi connectivity index (χ1) is 9.08. The van der Waals surface area contributed by atoms with Gasteiger partial charge in [0.05, 0.1) is 13.1 Å². The zero-order valence-electron chi connectivity index (χ0n) is 11.0. The third-order valence-corrected chi connectivity index (χ3v) is 2.50. The second-order valence-corrected chi connectivity index (χ2v) is 3.96. The summed E-state index contributed by atoms with van der Waals surface area (Å²) < 4.78 is 0. The first-order valence-electron chi connectivity index (χ1n) is 5.85. The Labute approximate surface area is 112 Å². The number of rotatable bonds is 5. The van der Waals surface area contributed by atoms with Crippen LogP contribution in [0.4, 0.5) is 5.69 Å². The quantitative estimate of drug-likeness (QED) is 0.533. The Morgan fingerprint density at radius 2 is 2.11 bits per heavy atom. The van der Waals surface area contributed by atoms with Gasteiger partial charge in [-0.15, -0.1) is 6.42 Å². The van der Waals surface area contributed by atoms with Crippen LogP contribution in [-0.2, 0) is 4.79 Å². The van der Waals surface area contributed by atoms with Crippen molar-refractivity contribution < 1.29 is 9.59 Å². The van der Waals surface area contributed by atoms with Gasteiger partial charge in [0.1, 0.15) is 0 Å². The summed E-state index contributed by atoms with van der Waals surface area (Å²) in [5, 5.41) is 8.10. The minimum atomic E-state index is -0.175. The number of carbonyl (C=O) groups excluding carboxylic acids is 2. The van der Waals surface area contributed by atoms with Crippen LogP contribution in [0.2, 0.25) is 0 Å². The first kappa shape index (κ1) is 14.7. The minimum Gasteiger partial charge on any atom is -0.355 e. The summed E-state index contributed by atoms with van der Waals surface area (Å²) in [6.07, 6.45) is 5.07. The van der Waals surface area contributed by atoms with Crippen LogP contribution in [0.1, 0.15) is 15.9 Å². The molecule has 2 amide bonds. The Morgan fingerprint density at radius 3 is 2.68 bits per heavy atom. The number of terminal acetylenes is 1. The molecule has 0 fully saturated rings. The van der Waals surface area contributed by atoms with Gasteiger partial charge in [-0.3, -0.25) is 14.9 Å². The van der Waals surface area contributed by atoms with E-state index in [9.17, 15) is 9.59 Å². The smallest absolute Gasteiger partial charge is 0.251 e. The Morgan fingerprint density at radius 1 is 1.37 bits per heavy atom. The Bertz CT molecular complexity index is 518. The molecular formula is C14H17N3O2. The van der Waals surface area contributed by atoms with E-state index in [4.69, 9.17) is 6.42 Å². The van der Waals surface area contributed by atoms with E-state index in [0.717, 1.165) is 5.56 Å². The van der Waals surface area contributed by atoms with Crippen molar-refractivity contribution in [3.05, 3.63) is 29.3 Å². The molecule has 1 aromatic rings. The van der Waals surface area contributed by atoms with E-state index < -0.39 is 0 Å². The van der Waals surface area contributed by atoms with Crippen molar-refractivity contribution in [1.82, 2.24) is 10.6 Å². The molecule has 0 heterocycles. The largest absolute Gasteiger partial charge is 0.355 e. The molecule has 0 bridgehead atoms. The van der Waals surface area contributed by atoms with Crippen LogP contribution in [0.15, 0.2) is 18.2 Å². The maximum Gasteiger partial charge on any atom is 0.251 e. The second kappa shape index (κ2) is 7.19. The van der Waals surface area contributed by atoms with Crippen LogP contribution in [0.3, 0.4) is 0 Å². The second-order valence-electron chi connectivity index (χ2n) is 3.96. The molecular weight excluding hydrogens is 242 g/mol. The molecule has 0 aliphatic heterocycles. The highest BCUT2D eigenvalue weighted by Gasteiger charge is 2.08. The van der Waals surface area contributed by atoms with E-state index in [1.165, 1.54) is 0 Å². The minimum absolute atomic E-state index is 0.154. The molecule has 0 saturated carbocycles. The maximum atomic E-state index is 11.6. The molecule has 0 unspecified atom stereocenters. The highest BCUT2D eigenvalue weighted by molar-refractivity contribution is 5.96. The van der Waals surface area contributed by atoms with E-state index in [0.29, 0.717) is 17.8 Å². The van der Waals surface area contributed by atoms with Gasteiger partial charge in [-0.1, -0.05) is 5.92 Å². The van der Waals surface area contributed by atoms with E-state index in [2.05, 4.69) is 21.9 Å². The lowest BCUT2D eigenvalue weighted by Crippen LogP contribution is -2.28. The Kier molecular flexibility index (Phi) is 5.58. The van der Waals surface area contributed by atoms with Gasteiger partial charge in [0.15, 0.2) is 0 Å². The van der Waals surface area contributed by atoms with E-state index in [1.807, 2.05) is 6.92 Å². The summed E-state index contributed by atoms with van der Waals surface area (Å²) in [7, 11) is 1.57. The summed E-state index contributed by atoms with van der Waals surface area (Å²) in [4.78, 5) is 23.0. The third-order valence-electron chi connectivity index (χ3n) is 2.50. The van der Waals surface area contributed by atoms with Gasteiger partial charge < -0.3 is 10.6 Å². The van der Waals surface area contributed by atoms with Gasteiger partial charge >= 0.3 is 0 Å². The predicted octanol–water partition coefficient (Wildman–Crippen LogP) is 0.516. The molecule has 5 nitrogen and oxygen atoms in total. The molecule has 1 rings (SSSR count). The third kappa shape index (κ3) is 4.45. The average molecular weight is 259 g/mol. The van der Waals surface area contributed by atoms with Crippen LogP contribution in [-0.4, -0.2) is 32.0 Å². The molecule has 5 heteroatoms. The number of amides is 2. The molecule has 0 spiro atoms. The van der Waals surface area contributed by atoms with Gasteiger partial charge in [0.25, 0.3) is 5.91 Å². The molecule has 0 aromatic heterocycles. The Balaban J connectivity index is 2.67. The molecule has 0 aliphatic rings. The molecule has 0 radical (unpaired) electrons.